The SMILES string of the molecule is Cc1nn(-c2cccc([N+](=O)[O-])c2)c(N)c1C. The second kappa shape index (κ2) is 3.89. The van der Waals surface area contributed by atoms with Gasteiger partial charge in [-0.15, -0.1) is 0 Å². The van der Waals surface area contributed by atoms with E-state index in [4.69, 9.17) is 5.73 Å². The highest BCUT2D eigenvalue weighted by atomic mass is 16.6. The van der Waals surface area contributed by atoms with Gasteiger partial charge < -0.3 is 5.73 Å². The van der Waals surface area contributed by atoms with Crippen molar-refractivity contribution < 1.29 is 4.92 Å². The normalized spacial score (nSPS) is 10.5. The van der Waals surface area contributed by atoms with Crippen LogP contribution < -0.4 is 5.73 Å². The minimum Gasteiger partial charge on any atom is -0.383 e. The first-order chi connectivity index (χ1) is 8.00. The molecule has 0 amide bonds. The first kappa shape index (κ1) is 11.1. The maximum Gasteiger partial charge on any atom is 0.271 e. The molecule has 0 unspecified atom stereocenters. The number of nitrogen functional groups attached to an aromatic ring is 1. The van der Waals surface area contributed by atoms with Gasteiger partial charge in [-0.05, 0) is 19.9 Å². The van der Waals surface area contributed by atoms with E-state index in [1.54, 1.807) is 12.1 Å². The number of nitrogens with zero attached hydrogens (tertiary/aromatic N) is 3. The number of nitro groups is 1. The van der Waals surface area contributed by atoms with Crippen molar-refractivity contribution in [2.24, 2.45) is 0 Å². The summed E-state index contributed by atoms with van der Waals surface area (Å²) in [6.07, 6.45) is 0. The number of rotatable bonds is 2. The third-order valence-corrected chi connectivity index (χ3v) is 2.69. The highest BCUT2D eigenvalue weighted by molar-refractivity contribution is 5.51. The highest BCUT2D eigenvalue weighted by Gasteiger charge is 2.12. The Morgan fingerprint density at radius 3 is 2.65 bits per heavy atom. The Hall–Kier alpha value is -2.37. The zero-order chi connectivity index (χ0) is 12.6. The molecule has 0 spiro atoms. The standard InChI is InChI=1S/C11H12N4O2/c1-7-8(2)13-14(11(7)12)9-4-3-5-10(6-9)15(16)17/h3-6H,12H2,1-2H3. The van der Waals surface area contributed by atoms with Crippen LogP contribution in [0, 0.1) is 24.0 Å². The number of aromatic nitrogens is 2. The molecule has 1 heterocycles. The average Bonchev–Trinajstić information content (AvgIpc) is 2.57. The van der Waals surface area contributed by atoms with Gasteiger partial charge >= 0.3 is 0 Å². The monoisotopic (exact) mass is 232 g/mol. The maximum atomic E-state index is 10.7. The van der Waals surface area contributed by atoms with Crippen LogP contribution in [0.3, 0.4) is 0 Å². The molecule has 0 aliphatic heterocycles. The van der Waals surface area contributed by atoms with Gasteiger partial charge in [-0.25, -0.2) is 4.68 Å². The van der Waals surface area contributed by atoms with Crippen LogP contribution in [0.5, 0.6) is 0 Å². The van der Waals surface area contributed by atoms with Gasteiger partial charge in [0, 0.05) is 17.7 Å². The van der Waals surface area contributed by atoms with Crippen molar-refractivity contribution in [2.75, 3.05) is 5.73 Å². The van der Waals surface area contributed by atoms with Gasteiger partial charge in [0.05, 0.1) is 16.3 Å². The fourth-order valence-corrected chi connectivity index (χ4v) is 1.56. The number of hydrogen-bond donors (Lipinski definition) is 1. The van der Waals surface area contributed by atoms with E-state index in [0.717, 1.165) is 11.3 Å². The summed E-state index contributed by atoms with van der Waals surface area (Å²) in [5.74, 6) is 0.503. The maximum absolute atomic E-state index is 10.7. The number of hydrogen-bond acceptors (Lipinski definition) is 4. The summed E-state index contributed by atoms with van der Waals surface area (Å²) in [4.78, 5) is 10.2. The lowest BCUT2D eigenvalue weighted by molar-refractivity contribution is -0.384. The number of nitrogens with two attached hydrogens (primary N) is 1. The van der Waals surface area contributed by atoms with Gasteiger partial charge in [-0.2, -0.15) is 5.10 Å². The molecular weight excluding hydrogens is 220 g/mol. The second-order valence-electron chi connectivity index (χ2n) is 3.78. The van der Waals surface area contributed by atoms with Crippen molar-refractivity contribution in [3.63, 3.8) is 0 Å². The molecule has 1 aromatic heterocycles. The van der Waals surface area contributed by atoms with Crippen molar-refractivity contribution in [3.05, 3.63) is 45.6 Å². The highest BCUT2D eigenvalue weighted by Crippen LogP contribution is 2.22. The van der Waals surface area contributed by atoms with E-state index >= 15 is 0 Å². The molecule has 6 heteroatoms. The zero-order valence-corrected chi connectivity index (χ0v) is 9.54. The predicted molar refractivity (Wildman–Crippen MR) is 64.1 cm³/mol. The molecule has 2 N–H and O–H groups in total. The lowest BCUT2D eigenvalue weighted by atomic mass is 10.2. The molecule has 0 fully saturated rings. The molecule has 0 saturated heterocycles. The fraction of sp³-hybridized carbons (Fsp3) is 0.182. The van der Waals surface area contributed by atoms with Crippen LogP contribution in [0.4, 0.5) is 11.5 Å². The molecule has 17 heavy (non-hydrogen) atoms. The molecule has 88 valence electrons. The molecule has 0 atom stereocenters. The van der Waals surface area contributed by atoms with Gasteiger partial charge in [-0.1, -0.05) is 6.07 Å². The van der Waals surface area contributed by atoms with E-state index in [0.29, 0.717) is 11.5 Å². The lowest BCUT2D eigenvalue weighted by Gasteiger charge is -2.03. The van der Waals surface area contributed by atoms with Crippen molar-refractivity contribution in [2.45, 2.75) is 13.8 Å². The largest absolute Gasteiger partial charge is 0.383 e. The van der Waals surface area contributed by atoms with Crippen LogP contribution in [0.2, 0.25) is 0 Å². The van der Waals surface area contributed by atoms with Crippen molar-refractivity contribution >= 4 is 11.5 Å². The summed E-state index contributed by atoms with van der Waals surface area (Å²) in [5, 5.41) is 14.9. The Labute approximate surface area is 97.8 Å². The molecule has 0 aliphatic carbocycles. The van der Waals surface area contributed by atoms with E-state index in [-0.39, 0.29) is 5.69 Å². The van der Waals surface area contributed by atoms with Crippen LogP contribution in [-0.2, 0) is 0 Å². The van der Waals surface area contributed by atoms with Crippen LogP contribution in [0.25, 0.3) is 5.69 Å². The Morgan fingerprint density at radius 2 is 2.12 bits per heavy atom. The smallest absolute Gasteiger partial charge is 0.271 e. The van der Waals surface area contributed by atoms with Crippen LogP contribution >= 0.6 is 0 Å². The van der Waals surface area contributed by atoms with E-state index in [1.165, 1.54) is 16.8 Å². The van der Waals surface area contributed by atoms with Crippen molar-refractivity contribution in [1.29, 1.82) is 0 Å². The van der Waals surface area contributed by atoms with E-state index in [2.05, 4.69) is 5.10 Å². The Morgan fingerprint density at radius 1 is 1.41 bits per heavy atom. The first-order valence-corrected chi connectivity index (χ1v) is 5.07. The molecule has 2 aromatic rings. The van der Waals surface area contributed by atoms with Crippen molar-refractivity contribution in [1.82, 2.24) is 9.78 Å². The Balaban J connectivity index is 2.56. The quantitative estimate of drug-likeness (QED) is 0.633. The van der Waals surface area contributed by atoms with Crippen LogP contribution in [-0.4, -0.2) is 14.7 Å². The number of non-ortho nitro benzene ring substituents is 1. The summed E-state index contributed by atoms with van der Waals surface area (Å²) in [6.45, 7) is 3.71. The van der Waals surface area contributed by atoms with E-state index < -0.39 is 4.92 Å². The fourth-order valence-electron chi connectivity index (χ4n) is 1.56. The van der Waals surface area contributed by atoms with Crippen LogP contribution in [0.1, 0.15) is 11.3 Å². The summed E-state index contributed by atoms with van der Waals surface area (Å²) in [7, 11) is 0. The van der Waals surface area contributed by atoms with Gasteiger partial charge in [0.2, 0.25) is 0 Å². The Kier molecular flexibility index (Phi) is 2.55. The molecule has 0 aliphatic rings. The second-order valence-corrected chi connectivity index (χ2v) is 3.78. The number of aryl methyl sites for hydroxylation is 1. The topological polar surface area (TPSA) is 87.0 Å². The molecule has 0 bridgehead atoms. The minimum absolute atomic E-state index is 0.0210. The van der Waals surface area contributed by atoms with Gasteiger partial charge in [0.15, 0.2) is 0 Å². The average molecular weight is 232 g/mol. The first-order valence-electron chi connectivity index (χ1n) is 5.07. The molecule has 0 saturated carbocycles. The summed E-state index contributed by atoms with van der Waals surface area (Å²) >= 11 is 0. The number of nitro benzene ring substituents is 1. The summed E-state index contributed by atoms with van der Waals surface area (Å²) in [5.41, 5.74) is 8.20. The van der Waals surface area contributed by atoms with Crippen molar-refractivity contribution in [3.8, 4) is 5.69 Å². The minimum atomic E-state index is -0.442. The molecule has 2 rings (SSSR count). The summed E-state index contributed by atoms with van der Waals surface area (Å²) < 4.78 is 1.51. The number of anilines is 1. The predicted octanol–water partition coefficient (Wildman–Crippen LogP) is 1.98. The lowest BCUT2D eigenvalue weighted by Crippen LogP contribution is -2.02. The molecule has 0 radical (unpaired) electrons. The van der Waals surface area contributed by atoms with Crippen LogP contribution in [0.15, 0.2) is 24.3 Å². The third-order valence-electron chi connectivity index (χ3n) is 2.69. The third kappa shape index (κ3) is 1.84. The van der Waals surface area contributed by atoms with Gasteiger partial charge in [0.25, 0.3) is 5.69 Å². The number of benzene rings is 1. The van der Waals surface area contributed by atoms with Gasteiger partial charge in [0.1, 0.15) is 5.82 Å². The summed E-state index contributed by atoms with van der Waals surface area (Å²) in [6, 6.07) is 6.22. The van der Waals surface area contributed by atoms with E-state index in [1.807, 2.05) is 13.8 Å². The Bertz CT molecular complexity index is 589. The molecule has 1 aromatic carbocycles. The molecular formula is C11H12N4O2. The van der Waals surface area contributed by atoms with Gasteiger partial charge in [-0.3, -0.25) is 10.1 Å². The molecule has 6 nitrogen and oxygen atoms in total. The van der Waals surface area contributed by atoms with E-state index in [9.17, 15) is 10.1 Å². The zero-order valence-electron chi connectivity index (χ0n) is 9.54.